The minimum Gasteiger partial charge on any atom is -0.508 e. The number of hydrogen-bond donors (Lipinski definition) is 2. The Morgan fingerprint density at radius 1 is 1.15 bits per heavy atom. The number of aromatic hydroxyl groups is 1. The summed E-state index contributed by atoms with van der Waals surface area (Å²) in [7, 11) is 0. The van der Waals surface area contributed by atoms with Gasteiger partial charge in [0.15, 0.2) is 5.69 Å². The van der Waals surface area contributed by atoms with Crippen LogP contribution in [-0.2, 0) is 11.3 Å². The van der Waals surface area contributed by atoms with E-state index in [1.54, 1.807) is 43.5 Å². The molecule has 27 heavy (non-hydrogen) atoms. The highest BCUT2D eigenvalue weighted by Gasteiger charge is 2.25. The van der Waals surface area contributed by atoms with Crippen LogP contribution in [0.4, 0.5) is 0 Å². The van der Waals surface area contributed by atoms with E-state index in [0.29, 0.717) is 11.3 Å². The maximum Gasteiger partial charge on any atom is 0.323 e. The Morgan fingerprint density at radius 3 is 2.52 bits per heavy atom. The Balaban J connectivity index is 1.89. The number of aliphatic carboxylic acids is 1. The van der Waals surface area contributed by atoms with Crippen molar-refractivity contribution in [1.29, 1.82) is 0 Å². The first-order chi connectivity index (χ1) is 12.9. The quantitative estimate of drug-likeness (QED) is 0.687. The van der Waals surface area contributed by atoms with Crippen molar-refractivity contribution in [3.8, 4) is 17.2 Å². The van der Waals surface area contributed by atoms with E-state index in [4.69, 9.17) is 9.52 Å². The van der Waals surface area contributed by atoms with E-state index in [0.717, 1.165) is 4.90 Å². The Hall–Kier alpha value is -3.68. The second-order valence-electron chi connectivity index (χ2n) is 5.85. The number of nitrogens with zero attached hydrogens (tertiary/aromatic N) is 3. The van der Waals surface area contributed by atoms with Crippen LogP contribution in [0.5, 0.6) is 5.75 Å². The van der Waals surface area contributed by atoms with Crippen molar-refractivity contribution >= 4 is 11.9 Å². The number of benzene rings is 1. The Kier molecular flexibility index (Phi) is 5.16. The van der Waals surface area contributed by atoms with Gasteiger partial charge < -0.3 is 19.5 Å². The Labute approximate surface area is 154 Å². The fourth-order valence-corrected chi connectivity index (χ4v) is 2.52. The van der Waals surface area contributed by atoms with Crippen LogP contribution in [0.2, 0.25) is 0 Å². The number of carboxylic acid groups (broad SMARTS) is 1. The monoisotopic (exact) mass is 367 g/mol. The van der Waals surface area contributed by atoms with Crippen LogP contribution in [-0.4, -0.2) is 43.5 Å². The standard InChI is InChI=1S/C19H17N3O5/c1-12-17(21-18(27-12)13-5-7-15(23)8-6-13)19(26)22(11-16(24)25)10-14-4-2-3-9-20-14/h2-9,23H,10-11H2,1H3,(H,24,25). The van der Waals surface area contributed by atoms with Gasteiger partial charge in [0.1, 0.15) is 18.1 Å². The molecule has 0 unspecified atom stereocenters. The van der Waals surface area contributed by atoms with Gasteiger partial charge in [0, 0.05) is 11.8 Å². The van der Waals surface area contributed by atoms with Crippen molar-refractivity contribution in [3.05, 3.63) is 65.8 Å². The number of amides is 1. The SMILES string of the molecule is Cc1oc(-c2ccc(O)cc2)nc1C(=O)N(CC(=O)O)Cc1ccccn1. The molecule has 0 radical (unpaired) electrons. The molecule has 0 aliphatic rings. The van der Waals surface area contributed by atoms with E-state index in [-0.39, 0.29) is 29.6 Å². The summed E-state index contributed by atoms with van der Waals surface area (Å²) < 4.78 is 5.56. The predicted molar refractivity (Wildman–Crippen MR) is 95.0 cm³/mol. The summed E-state index contributed by atoms with van der Waals surface area (Å²) in [6.45, 7) is 1.13. The van der Waals surface area contributed by atoms with Gasteiger partial charge in [-0.2, -0.15) is 0 Å². The molecule has 3 aromatic rings. The summed E-state index contributed by atoms with van der Waals surface area (Å²) in [5, 5.41) is 18.5. The highest BCUT2D eigenvalue weighted by Crippen LogP contribution is 2.24. The number of pyridine rings is 1. The number of phenolic OH excluding ortho intramolecular Hbond substituents is 1. The topological polar surface area (TPSA) is 117 Å². The van der Waals surface area contributed by atoms with Crippen LogP contribution >= 0.6 is 0 Å². The molecule has 0 bridgehead atoms. The molecule has 0 aliphatic heterocycles. The summed E-state index contributed by atoms with van der Waals surface area (Å²) in [5.41, 5.74) is 1.19. The van der Waals surface area contributed by atoms with Gasteiger partial charge in [0.05, 0.1) is 12.2 Å². The molecule has 0 spiro atoms. The van der Waals surface area contributed by atoms with E-state index >= 15 is 0 Å². The van der Waals surface area contributed by atoms with E-state index in [1.807, 2.05) is 0 Å². The summed E-state index contributed by atoms with van der Waals surface area (Å²) in [6.07, 6.45) is 1.57. The van der Waals surface area contributed by atoms with Crippen LogP contribution in [0.1, 0.15) is 21.9 Å². The lowest BCUT2D eigenvalue weighted by Crippen LogP contribution is -2.36. The van der Waals surface area contributed by atoms with Gasteiger partial charge in [0.25, 0.3) is 5.91 Å². The van der Waals surface area contributed by atoms with E-state index in [1.165, 1.54) is 12.1 Å². The molecule has 0 fully saturated rings. The third-order valence-electron chi connectivity index (χ3n) is 3.81. The summed E-state index contributed by atoms with van der Waals surface area (Å²) in [5.74, 6) is -1.11. The molecule has 0 atom stereocenters. The van der Waals surface area contributed by atoms with Crippen molar-refractivity contribution in [2.24, 2.45) is 0 Å². The van der Waals surface area contributed by atoms with Crippen molar-refractivity contribution in [2.45, 2.75) is 13.5 Å². The maximum atomic E-state index is 12.9. The lowest BCUT2D eigenvalue weighted by molar-refractivity contribution is -0.137. The minimum atomic E-state index is -1.14. The molecule has 2 aromatic heterocycles. The van der Waals surface area contributed by atoms with E-state index in [2.05, 4.69) is 9.97 Å². The van der Waals surface area contributed by atoms with Gasteiger partial charge in [0.2, 0.25) is 5.89 Å². The number of phenols is 1. The normalized spacial score (nSPS) is 10.6. The zero-order valence-corrected chi connectivity index (χ0v) is 14.5. The average Bonchev–Trinajstić information content (AvgIpc) is 3.03. The predicted octanol–water partition coefficient (Wildman–Crippen LogP) is 2.48. The molecule has 138 valence electrons. The lowest BCUT2D eigenvalue weighted by atomic mass is 10.2. The number of aromatic nitrogens is 2. The summed E-state index contributed by atoms with van der Waals surface area (Å²) in [6, 6.07) is 11.4. The number of aryl methyl sites for hydroxylation is 1. The van der Waals surface area contributed by atoms with Crippen molar-refractivity contribution < 1.29 is 24.2 Å². The molecular formula is C19H17N3O5. The Morgan fingerprint density at radius 2 is 1.89 bits per heavy atom. The molecule has 8 heteroatoms. The molecule has 8 nitrogen and oxygen atoms in total. The van der Waals surface area contributed by atoms with Gasteiger partial charge >= 0.3 is 5.97 Å². The molecular weight excluding hydrogens is 350 g/mol. The summed E-state index contributed by atoms with van der Waals surface area (Å²) >= 11 is 0. The molecule has 1 aromatic carbocycles. The van der Waals surface area contributed by atoms with E-state index < -0.39 is 18.4 Å². The van der Waals surface area contributed by atoms with E-state index in [9.17, 15) is 14.7 Å². The molecule has 1 amide bonds. The minimum absolute atomic E-state index is 0.0345. The van der Waals surface area contributed by atoms with Crippen LogP contribution in [0.15, 0.2) is 53.1 Å². The first-order valence-corrected chi connectivity index (χ1v) is 8.12. The first kappa shape index (κ1) is 18.1. The number of hydrogen-bond acceptors (Lipinski definition) is 6. The fourth-order valence-electron chi connectivity index (χ4n) is 2.52. The molecule has 2 N–H and O–H groups in total. The fraction of sp³-hybridized carbons (Fsp3) is 0.158. The third-order valence-corrected chi connectivity index (χ3v) is 3.81. The third kappa shape index (κ3) is 4.30. The molecule has 2 heterocycles. The zero-order valence-electron chi connectivity index (χ0n) is 14.5. The molecule has 0 aliphatic carbocycles. The molecule has 0 saturated carbocycles. The number of oxazole rings is 1. The molecule has 0 saturated heterocycles. The lowest BCUT2D eigenvalue weighted by Gasteiger charge is -2.19. The van der Waals surface area contributed by atoms with Crippen molar-refractivity contribution in [1.82, 2.24) is 14.9 Å². The van der Waals surface area contributed by atoms with Gasteiger partial charge in [-0.15, -0.1) is 0 Å². The van der Waals surface area contributed by atoms with Crippen LogP contribution in [0, 0.1) is 6.92 Å². The highest BCUT2D eigenvalue weighted by atomic mass is 16.4. The van der Waals surface area contributed by atoms with Gasteiger partial charge in [-0.3, -0.25) is 14.6 Å². The van der Waals surface area contributed by atoms with Gasteiger partial charge in [-0.25, -0.2) is 4.98 Å². The molecule has 3 rings (SSSR count). The number of carboxylic acids is 1. The van der Waals surface area contributed by atoms with Crippen LogP contribution in [0.3, 0.4) is 0 Å². The van der Waals surface area contributed by atoms with Crippen LogP contribution < -0.4 is 0 Å². The van der Waals surface area contributed by atoms with Crippen molar-refractivity contribution in [3.63, 3.8) is 0 Å². The Bertz CT molecular complexity index is 951. The maximum absolute atomic E-state index is 12.9. The van der Waals surface area contributed by atoms with Gasteiger partial charge in [-0.1, -0.05) is 6.07 Å². The average molecular weight is 367 g/mol. The van der Waals surface area contributed by atoms with Gasteiger partial charge in [-0.05, 0) is 43.3 Å². The smallest absolute Gasteiger partial charge is 0.323 e. The number of carbonyl (C=O) groups is 2. The highest BCUT2D eigenvalue weighted by molar-refractivity contribution is 5.95. The second-order valence-corrected chi connectivity index (χ2v) is 5.85. The largest absolute Gasteiger partial charge is 0.508 e. The number of rotatable bonds is 6. The second kappa shape index (κ2) is 7.69. The summed E-state index contributed by atoms with van der Waals surface area (Å²) in [4.78, 5) is 33.6. The number of carbonyl (C=O) groups excluding carboxylic acids is 1. The zero-order chi connectivity index (χ0) is 19.4. The van der Waals surface area contributed by atoms with Crippen LogP contribution in [0.25, 0.3) is 11.5 Å². The first-order valence-electron chi connectivity index (χ1n) is 8.12. The van der Waals surface area contributed by atoms with Crippen molar-refractivity contribution in [2.75, 3.05) is 6.54 Å².